The molecule has 1 aromatic carbocycles. The molecule has 0 aliphatic heterocycles. The molecule has 0 heterocycles. The molecule has 1 N–H and O–H groups in total. The van der Waals surface area contributed by atoms with Crippen molar-refractivity contribution in [3.05, 3.63) is 33.9 Å². The van der Waals surface area contributed by atoms with Crippen LogP contribution in [0.15, 0.2) is 17.0 Å². The van der Waals surface area contributed by atoms with Gasteiger partial charge in [-0.1, -0.05) is 0 Å². The molecule has 0 unspecified atom stereocenters. The number of nitrogens with zero attached hydrogens (tertiary/aromatic N) is 1. The lowest BCUT2D eigenvalue weighted by Gasteiger charge is -1.99. The fourth-order valence-corrected chi connectivity index (χ4v) is 1.42. The number of nitro groups is 1. The second kappa shape index (κ2) is 3.51. The molecule has 0 atom stereocenters. The van der Waals surface area contributed by atoms with Crippen molar-refractivity contribution in [1.82, 2.24) is 0 Å². The van der Waals surface area contributed by atoms with Crippen LogP contribution in [-0.2, 0) is 10.1 Å². The topological polar surface area (TPSA) is 97.5 Å². The maximum Gasteiger partial charge on any atom is 0.306 e. The summed E-state index contributed by atoms with van der Waals surface area (Å²) in [6.45, 7) is 0. The molecule has 1 aromatic rings. The summed E-state index contributed by atoms with van der Waals surface area (Å²) in [6, 6.07) is 0.126. The summed E-state index contributed by atoms with van der Waals surface area (Å²) in [5, 5.41) is 10.2. The van der Waals surface area contributed by atoms with Crippen LogP contribution < -0.4 is 0 Å². The van der Waals surface area contributed by atoms with Crippen LogP contribution in [0.5, 0.6) is 0 Å². The smallest absolute Gasteiger partial charge is 0.282 e. The molecule has 0 saturated heterocycles. The Kier molecular flexibility index (Phi) is 2.69. The van der Waals surface area contributed by atoms with Crippen molar-refractivity contribution in [3.63, 3.8) is 0 Å². The van der Waals surface area contributed by atoms with E-state index in [4.69, 9.17) is 4.55 Å². The van der Waals surface area contributed by atoms with Crippen LogP contribution in [0.1, 0.15) is 0 Å². The first-order valence-electron chi connectivity index (χ1n) is 3.34. The van der Waals surface area contributed by atoms with Crippen molar-refractivity contribution in [3.8, 4) is 0 Å². The highest BCUT2D eigenvalue weighted by Crippen LogP contribution is 2.24. The molecule has 0 aliphatic rings. The molecule has 9 heteroatoms. The second-order valence-corrected chi connectivity index (χ2v) is 3.86. The summed E-state index contributed by atoms with van der Waals surface area (Å²) in [6.07, 6.45) is 0. The Balaban J connectivity index is 3.58. The zero-order valence-corrected chi connectivity index (χ0v) is 7.66. The van der Waals surface area contributed by atoms with Crippen LogP contribution in [0.25, 0.3) is 0 Å². The monoisotopic (exact) mass is 239 g/mol. The van der Waals surface area contributed by atoms with Gasteiger partial charge in [0.05, 0.1) is 4.92 Å². The highest BCUT2D eigenvalue weighted by atomic mass is 32.2. The predicted octanol–water partition coefficient (Wildman–Crippen LogP) is 1.12. The van der Waals surface area contributed by atoms with Crippen molar-refractivity contribution in [2.75, 3.05) is 0 Å². The van der Waals surface area contributed by atoms with Crippen molar-refractivity contribution in [1.29, 1.82) is 0 Å². The molecular formula is C6H3F2NO5S. The molecule has 1 rings (SSSR count). The molecule has 0 aliphatic carbocycles. The highest BCUT2D eigenvalue weighted by Gasteiger charge is 2.24. The average Bonchev–Trinajstić information content (AvgIpc) is 2.00. The van der Waals surface area contributed by atoms with Crippen LogP contribution in [0, 0.1) is 21.7 Å². The summed E-state index contributed by atoms with van der Waals surface area (Å²) >= 11 is 0. The maximum atomic E-state index is 12.8. The van der Waals surface area contributed by atoms with Gasteiger partial charge in [0.1, 0.15) is 10.7 Å². The highest BCUT2D eigenvalue weighted by molar-refractivity contribution is 7.85. The van der Waals surface area contributed by atoms with Crippen LogP contribution in [0.4, 0.5) is 14.5 Å². The van der Waals surface area contributed by atoms with E-state index >= 15 is 0 Å². The van der Waals surface area contributed by atoms with Crippen molar-refractivity contribution < 1.29 is 26.7 Å². The average molecular weight is 239 g/mol. The van der Waals surface area contributed by atoms with E-state index in [1.165, 1.54) is 0 Å². The standard InChI is InChI=1S/C6H3F2NO5S/c7-3-1-4(8)6(15(12,13)14)2-5(3)9(10)11/h1-2H,(H,12,13,14). The van der Waals surface area contributed by atoms with Gasteiger partial charge in [-0.25, -0.2) is 4.39 Å². The first kappa shape index (κ1) is 11.5. The molecule has 0 fully saturated rings. The fraction of sp³-hybridized carbons (Fsp3) is 0. The third-order valence-electron chi connectivity index (χ3n) is 1.48. The van der Waals surface area contributed by atoms with Gasteiger partial charge in [-0.15, -0.1) is 0 Å². The van der Waals surface area contributed by atoms with E-state index in [0.29, 0.717) is 0 Å². The largest absolute Gasteiger partial charge is 0.306 e. The van der Waals surface area contributed by atoms with Crippen LogP contribution in [0.3, 0.4) is 0 Å². The lowest BCUT2D eigenvalue weighted by atomic mass is 10.3. The Bertz CT molecular complexity index is 527. The van der Waals surface area contributed by atoms with E-state index in [1.807, 2.05) is 0 Å². The first-order chi connectivity index (χ1) is 6.73. The number of rotatable bonds is 2. The second-order valence-electron chi connectivity index (χ2n) is 2.47. The van der Waals surface area contributed by atoms with Gasteiger partial charge in [-0.2, -0.15) is 12.8 Å². The third kappa shape index (κ3) is 2.25. The molecular weight excluding hydrogens is 236 g/mol. The minimum atomic E-state index is -4.95. The summed E-state index contributed by atoms with van der Waals surface area (Å²) in [4.78, 5) is 7.61. The molecule has 0 aromatic heterocycles. The van der Waals surface area contributed by atoms with Crippen LogP contribution in [-0.4, -0.2) is 17.9 Å². The Hall–Kier alpha value is -1.61. The lowest BCUT2D eigenvalue weighted by Crippen LogP contribution is -2.04. The van der Waals surface area contributed by atoms with E-state index in [2.05, 4.69) is 0 Å². The van der Waals surface area contributed by atoms with Gasteiger partial charge in [0.25, 0.3) is 10.1 Å². The number of hydrogen-bond acceptors (Lipinski definition) is 4. The van der Waals surface area contributed by atoms with Gasteiger partial charge in [-0.3, -0.25) is 14.7 Å². The minimum absolute atomic E-state index is 0.0151. The molecule has 0 bridgehead atoms. The van der Waals surface area contributed by atoms with E-state index in [1.54, 1.807) is 0 Å². The van der Waals surface area contributed by atoms with E-state index in [-0.39, 0.29) is 12.1 Å². The lowest BCUT2D eigenvalue weighted by molar-refractivity contribution is -0.387. The number of nitro benzene ring substituents is 1. The molecule has 82 valence electrons. The fourth-order valence-electron chi connectivity index (χ4n) is 0.856. The number of halogens is 2. The van der Waals surface area contributed by atoms with Crippen molar-refractivity contribution in [2.45, 2.75) is 4.90 Å². The van der Waals surface area contributed by atoms with Crippen LogP contribution >= 0.6 is 0 Å². The summed E-state index contributed by atoms with van der Waals surface area (Å²) in [5.41, 5.74) is -1.23. The summed E-state index contributed by atoms with van der Waals surface area (Å²) < 4.78 is 55.0. The summed E-state index contributed by atoms with van der Waals surface area (Å²) in [5.74, 6) is -3.12. The molecule has 0 saturated carbocycles. The third-order valence-corrected chi connectivity index (χ3v) is 2.34. The van der Waals surface area contributed by atoms with E-state index < -0.39 is 37.3 Å². The quantitative estimate of drug-likeness (QED) is 0.473. The summed E-state index contributed by atoms with van der Waals surface area (Å²) in [7, 11) is -4.95. The molecule has 0 spiro atoms. The molecule has 6 nitrogen and oxygen atoms in total. The Labute approximate surface area is 82.0 Å². The Morgan fingerprint density at radius 2 is 1.80 bits per heavy atom. The number of benzene rings is 1. The van der Waals surface area contributed by atoms with Gasteiger partial charge in [0.15, 0.2) is 0 Å². The minimum Gasteiger partial charge on any atom is -0.282 e. The van der Waals surface area contributed by atoms with Crippen molar-refractivity contribution in [2.24, 2.45) is 0 Å². The first-order valence-corrected chi connectivity index (χ1v) is 4.78. The molecule has 0 radical (unpaired) electrons. The van der Waals surface area contributed by atoms with Gasteiger partial charge in [0, 0.05) is 12.1 Å². The van der Waals surface area contributed by atoms with Gasteiger partial charge in [0.2, 0.25) is 5.82 Å². The zero-order chi connectivity index (χ0) is 11.8. The van der Waals surface area contributed by atoms with Gasteiger partial charge in [-0.05, 0) is 0 Å². The van der Waals surface area contributed by atoms with Gasteiger partial charge < -0.3 is 0 Å². The number of hydrogen-bond donors (Lipinski definition) is 1. The van der Waals surface area contributed by atoms with Crippen molar-refractivity contribution >= 4 is 15.8 Å². The molecule has 0 amide bonds. The SMILES string of the molecule is O=[N+]([O-])c1cc(S(=O)(=O)O)c(F)cc1F. The molecule has 15 heavy (non-hydrogen) atoms. The normalized spacial score (nSPS) is 11.4. The van der Waals surface area contributed by atoms with E-state index in [9.17, 15) is 27.3 Å². The Morgan fingerprint density at radius 1 is 1.27 bits per heavy atom. The zero-order valence-electron chi connectivity index (χ0n) is 6.85. The van der Waals surface area contributed by atoms with Gasteiger partial charge >= 0.3 is 5.69 Å². The maximum absolute atomic E-state index is 12.8. The predicted molar refractivity (Wildman–Crippen MR) is 42.8 cm³/mol. The van der Waals surface area contributed by atoms with Crippen LogP contribution in [0.2, 0.25) is 0 Å². The Morgan fingerprint density at radius 3 is 2.20 bits per heavy atom. The van der Waals surface area contributed by atoms with E-state index in [0.717, 1.165) is 0 Å².